The summed E-state index contributed by atoms with van der Waals surface area (Å²) >= 11 is 1.55. The van der Waals surface area contributed by atoms with Crippen LogP contribution in [0.3, 0.4) is 0 Å². The van der Waals surface area contributed by atoms with E-state index < -0.39 is 41.7 Å². The van der Waals surface area contributed by atoms with E-state index in [1.54, 1.807) is 43.3 Å². The van der Waals surface area contributed by atoms with Crippen molar-refractivity contribution in [3.63, 3.8) is 0 Å². The molecular formula is C25H48N6O7ReSn-. The molecule has 0 spiro atoms. The van der Waals surface area contributed by atoms with Crippen LogP contribution < -0.4 is 27.0 Å². The van der Waals surface area contributed by atoms with Crippen molar-refractivity contribution >= 4 is 52.8 Å². The zero-order chi connectivity index (χ0) is 30.7. The molecule has 0 aliphatic heterocycles. The first kappa shape index (κ1) is 45.3. The van der Waals surface area contributed by atoms with Crippen LogP contribution in [-0.2, 0) is 44.3 Å². The summed E-state index contributed by atoms with van der Waals surface area (Å²) in [6.07, 6.45) is 4.24. The molecule has 0 saturated carbocycles. The van der Waals surface area contributed by atoms with Crippen molar-refractivity contribution in [2.75, 3.05) is 33.3 Å². The molecule has 0 bridgehead atoms. The molecule has 7 N–H and O–H groups in total. The molecule has 2 atom stereocenters. The molecule has 0 aliphatic carbocycles. The second kappa shape index (κ2) is 30.2. The Bertz CT molecular complexity index is 712. The van der Waals surface area contributed by atoms with Gasteiger partial charge >= 0.3 is 39.7 Å². The van der Waals surface area contributed by atoms with Crippen molar-refractivity contribution in [2.45, 2.75) is 81.9 Å². The molecule has 4 radical (unpaired) electrons. The average Bonchev–Trinajstić information content (AvgIpc) is 2.90. The molecule has 0 rings (SSSR count). The van der Waals surface area contributed by atoms with E-state index >= 15 is 0 Å². The minimum Gasteiger partial charge on any atom is 0 e. The number of aldehydes is 1. The summed E-state index contributed by atoms with van der Waals surface area (Å²) in [6, 6.07) is -1.49. The number of amides is 4. The van der Waals surface area contributed by atoms with E-state index in [1.807, 2.05) is 0 Å². The predicted octanol–water partition coefficient (Wildman–Crippen LogP) is 1.76. The molecule has 0 aromatic heterocycles. The van der Waals surface area contributed by atoms with Crippen molar-refractivity contribution in [1.82, 2.24) is 21.3 Å². The van der Waals surface area contributed by atoms with Gasteiger partial charge in [-0.15, -0.1) is 0 Å². The monoisotopic (exact) mass is 851 g/mol. The van der Waals surface area contributed by atoms with Gasteiger partial charge in [0, 0.05) is 33.5 Å². The maximum Gasteiger partial charge on any atom is 0 e. The standard InChI is InChI=1S/C23H41N5O7.CH4N.CH3.Re.Sn/c1-5-14-34-21(32)25-12-9-7-11-18(24)20(31)27-15-19(30)28-17(16-29)10-6-8-13-26-22(33)35-23(2,3)4;1-2;;;/h5,16-18H,1,6-15,24H2,2-4H3,(H,25,32)(H,26,33)(H,27,31)(H,28,30);2H,1H3;1H3;;/q;-1;;;. The normalized spacial score (nSPS) is 11.2. The van der Waals surface area contributed by atoms with Crippen LogP contribution in [0.25, 0.3) is 5.73 Å². The summed E-state index contributed by atoms with van der Waals surface area (Å²) in [7, 11) is 1.25. The molecule has 15 heteroatoms. The maximum atomic E-state index is 12.0. The molecule has 232 valence electrons. The number of rotatable bonds is 17. The van der Waals surface area contributed by atoms with Crippen molar-refractivity contribution in [3.8, 4) is 0 Å². The van der Waals surface area contributed by atoms with Crippen LogP contribution in [0, 0.1) is 0 Å². The molecule has 0 aliphatic rings. The third kappa shape index (κ3) is 30.8. The van der Waals surface area contributed by atoms with Gasteiger partial charge in [-0.1, -0.05) is 12.7 Å². The van der Waals surface area contributed by atoms with Crippen molar-refractivity contribution in [3.05, 3.63) is 18.4 Å². The number of hydrogen-bond donors (Lipinski definition) is 5. The van der Waals surface area contributed by atoms with Gasteiger partial charge in [0.25, 0.3) is 0 Å². The Morgan fingerprint density at radius 2 is 1.48 bits per heavy atom. The van der Waals surface area contributed by atoms with Gasteiger partial charge in [0.2, 0.25) is 11.8 Å². The summed E-state index contributed by atoms with van der Waals surface area (Å²) < 4.78 is 9.89. The Morgan fingerprint density at radius 1 is 0.950 bits per heavy atom. The van der Waals surface area contributed by atoms with E-state index in [9.17, 15) is 24.0 Å². The molecule has 13 nitrogen and oxygen atoms in total. The van der Waals surface area contributed by atoms with Gasteiger partial charge < -0.3 is 47.0 Å². The smallest absolute Gasteiger partial charge is 0 e. The second-order valence-corrected chi connectivity index (χ2v) is 8.87. The Balaban J connectivity index is -0.00000123. The summed E-state index contributed by atoms with van der Waals surface area (Å²) in [5, 5.41) is 10.2. The largest absolute Gasteiger partial charge is 0 e. The zero-order valence-corrected chi connectivity index (χ0v) is 30.0. The van der Waals surface area contributed by atoms with Crippen LogP contribution in [0.15, 0.2) is 12.7 Å². The van der Waals surface area contributed by atoms with Crippen LogP contribution in [0.5, 0.6) is 0 Å². The van der Waals surface area contributed by atoms with Crippen LogP contribution in [-0.4, -0.2) is 104 Å². The molecule has 4 amide bonds. The van der Waals surface area contributed by atoms with Gasteiger partial charge in [-0.2, -0.15) is 7.05 Å². The molecule has 40 heavy (non-hydrogen) atoms. The van der Waals surface area contributed by atoms with Gasteiger partial charge in [0.15, 0.2) is 0 Å². The fourth-order valence-electron chi connectivity index (χ4n) is 2.72. The molecule has 0 fully saturated rings. The topological polar surface area (TPSA) is 202 Å². The minimum absolute atomic E-state index is 0. The Labute approximate surface area is 266 Å². The van der Waals surface area contributed by atoms with Gasteiger partial charge in [-0.25, -0.2) is 9.59 Å². The molecular weight excluding hydrogens is 801 g/mol. The Hall–Kier alpha value is -1.73. The number of carbonyl (C=O) groups is 5. The number of nitrogens with two attached hydrogens (primary N) is 1. The third-order valence-electron chi connectivity index (χ3n) is 4.42. The Kier molecular flexibility index (Phi) is 34.2. The molecule has 0 aromatic carbocycles. The quantitative estimate of drug-likeness (QED) is 0.0631. The first-order valence-electron chi connectivity index (χ1n) is 12.7. The first-order valence-corrected chi connectivity index (χ1v) is 15.6. The molecule has 0 heterocycles. The maximum absolute atomic E-state index is 12.0. The van der Waals surface area contributed by atoms with E-state index in [-0.39, 0.29) is 33.6 Å². The third-order valence-corrected chi connectivity index (χ3v) is 4.42. The van der Waals surface area contributed by atoms with E-state index in [2.05, 4.69) is 32.8 Å². The van der Waals surface area contributed by atoms with Gasteiger partial charge in [0.1, 0.15) is 18.5 Å². The van der Waals surface area contributed by atoms with Crippen molar-refractivity contribution < 1.29 is 53.9 Å². The van der Waals surface area contributed by atoms with Gasteiger partial charge in [-0.05, 0) is 59.3 Å². The van der Waals surface area contributed by atoms with E-state index in [0.29, 0.717) is 57.9 Å². The Morgan fingerprint density at radius 3 is 1.98 bits per heavy atom. The van der Waals surface area contributed by atoms with Gasteiger partial charge in [0.05, 0.1) is 18.6 Å². The number of unbranched alkanes of at least 4 members (excludes halogenated alkanes) is 2. The van der Waals surface area contributed by atoms with E-state index in [0.717, 1.165) is 0 Å². The van der Waals surface area contributed by atoms with E-state index in [4.69, 9.17) is 20.9 Å². The summed E-state index contributed by atoms with van der Waals surface area (Å²) in [5.41, 5.74) is 11.0. The number of carbonyl (C=O) groups excluding carboxylic acids is 5. The SMILES string of the molecule is C=CCOC(=O)NCCCCC(N)C(=O)NCC(=O)NC(C=O)CCCCNC(=O)OC(C)(C)C.C[NH-].[CH3][Sn].[Re]. The first-order chi connectivity index (χ1) is 18.5. The van der Waals surface area contributed by atoms with Crippen molar-refractivity contribution in [1.29, 1.82) is 0 Å². The predicted molar refractivity (Wildman–Crippen MR) is 152 cm³/mol. The minimum atomic E-state index is -0.796. The van der Waals surface area contributed by atoms with Crippen LogP contribution in [0.1, 0.15) is 59.3 Å². The van der Waals surface area contributed by atoms with Crippen LogP contribution in [0.4, 0.5) is 9.59 Å². The molecule has 0 aromatic rings. The van der Waals surface area contributed by atoms with Crippen LogP contribution >= 0.6 is 0 Å². The summed E-state index contributed by atoms with van der Waals surface area (Å²) in [5.74, 6) is -0.980. The van der Waals surface area contributed by atoms with Crippen LogP contribution in [0.2, 0.25) is 4.94 Å². The van der Waals surface area contributed by atoms with E-state index in [1.165, 1.54) is 13.1 Å². The summed E-state index contributed by atoms with van der Waals surface area (Å²) in [6.45, 7) is 9.36. The number of nitrogens with one attached hydrogen (secondary N) is 5. The zero-order valence-electron chi connectivity index (χ0n) is 24.4. The average molecular weight is 850 g/mol. The number of hydrogen-bond acceptors (Lipinski definition) is 8. The fraction of sp³-hybridized carbons (Fsp3) is 0.720. The molecule has 0 saturated heterocycles. The molecule has 2 unspecified atom stereocenters. The number of ether oxygens (including phenoxy) is 2. The second-order valence-electron chi connectivity index (χ2n) is 8.87. The van der Waals surface area contributed by atoms with Gasteiger partial charge in [-0.3, -0.25) is 9.59 Å². The summed E-state index contributed by atoms with van der Waals surface area (Å²) in [4.78, 5) is 60.2. The number of alkyl carbamates (subject to hydrolysis) is 2. The van der Waals surface area contributed by atoms with Crippen molar-refractivity contribution in [2.24, 2.45) is 5.73 Å². The fourth-order valence-corrected chi connectivity index (χ4v) is 2.72.